The molecule has 2 rings (SSSR count). The molecule has 0 unspecified atom stereocenters. The molecule has 1 heterocycles. The van der Waals surface area contributed by atoms with Gasteiger partial charge >= 0.3 is 0 Å². The first-order chi connectivity index (χ1) is 8.37. The third kappa shape index (κ3) is 2.70. The summed E-state index contributed by atoms with van der Waals surface area (Å²) in [5, 5.41) is 18.0. The van der Waals surface area contributed by atoms with Gasteiger partial charge in [-0.2, -0.15) is 0 Å². The Morgan fingerprint density at radius 3 is 2.78 bits per heavy atom. The molecule has 0 bridgehead atoms. The summed E-state index contributed by atoms with van der Waals surface area (Å²) in [7, 11) is 0. The maximum atomic E-state index is 9.62. The van der Waals surface area contributed by atoms with E-state index < -0.39 is 5.60 Å². The maximum absolute atomic E-state index is 9.62. The number of aliphatic hydroxyl groups is 1. The molecule has 4 heteroatoms. The van der Waals surface area contributed by atoms with Crippen molar-refractivity contribution in [2.24, 2.45) is 5.73 Å². The van der Waals surface area contributed by atoms with Gasteiger partial charge in [-0.15, -0.1) is 11.3 Å². The van der Waals surface area contributed by atoms with Crippen LogP contribution in [0, 0.1) is 17.3 Å². The van der Waals surface area contributed by atoms with Crippen molar-refractivity contribution in [2.45, 2.75) is 19.4 Å². The monoisotopic (exact) mass is 258 g/mol. The summed E-state index contributed by atoms with van der Waals surface area (Å²) >= 11 is 1.47. The van der Waals surface area contributed by atoms with E-state index in [0.29, 0.717) is 0 Å². The lowest BCUT2D eigenvalue weighted by Crippen LogP contribution is -2.14. The maximum Gasteiger partial charge on any atom is 0.133 e. The van der Waals surface area contributed by atoms with Crippen molar-refractivity contribution in [2.75, 3.05) is 0 Å². The van der Waals surface area contributed by atoms with Crippen molar-refractivity contribution in [3.8, 4) is 11.8 Å². The molecule has 92 valence electrons. The van der Waals surface area contributed by atoms with E-state index in [0.717, 1.165) is 20.5 Å². The number of thiophene rings is 1. The van der Waals surface area contributed by atoms with E-state index in [9.17, 15) is 5.11 Å². The summed E-state index contributed by atoms with van der Waals surface area (Å²) in [4.78, 5) is 0.738. The van der Waals surface area contributed by atoms with Crippen molar-refractivity contribution in [1.82, 2.24) is 0 Å². The molecule has 18 heavy (non-hydrogen) atoms. The minimum atomic E-state index is -1.01. The van der Waals surface area contributed by atoms with Gasteiger partial charge in [-0.3, -0.25) is 5.41 Å². The molecule has 0 aliphatic rings. The average Bonchev–Trinajstić information content (AvgIpc) is 2.69. The Kier molecular flexibility index (Phi) is 3.12. The largest absolute Gasteiger partial charge is 0.383 e. The summed E-state index contributed by atoms with van der Waals surface area (Å²) in [5.74, 6) is 5.84. The average molecular weight is 258 g/mol. The molecule has 0 saturated heterocycles. The predicted molar refractivity (Wildman–Crippen MR) is 76.0 cm³/mol. The third-order valence-corrected chi connectivity index (χ3v) is 3.46. The molecule has 2 aromatic rings. The van der Waals surface area contributed by atoms with Crippen LogP contribution < -0.4 is 5.73 Å². The van der Waals surface area contributed by atoms with E-state index in [4.69, 9.17) is 11.1 Å². The fraction of sp³-hybridized carbons (Fsp3) is 0.214. The van der Waals surface area contributed by atoms with E-state index in [-0.39, 0.29) is 5.84 Å². The number of rotatable bonds is 1. The summed E-state index contributed by atoms with van der Waals surface area (Å²) in [6.07, 6.45) is 0. The first-order valence-electron chi connectivity index (χ1n) is 5.49. The molecule has 0 spiro atoms. The number of nitrogens with one attached hydrogen (secondary N) is 1. The third-order valence-electron chi connectivity index (χ3n) is 2.33. The van der Waals surface area contributed by atoms with Crippen molar-refractivity contribution in [3.63, 3.8) is 0 Å². The summed E-state index contributed by atoms with van der Waals surface area (Å²) < 4.78 is 1.04. The molecule has 0 atom stereocenters. The lowest BCUT2D eigenvalue weighted by atomic mass is 10.1. The fourth-order valence-corrected chi connectivity index (χ4v) is 2.47. The zero-order valence-corrected chi connectivity index (χ0v) is 11.1. The Bertz CT molecular complexity index is 668. The molecule has 0 radical (unpaired) electrons. The van der Waals surface area contributed by atoms with Gasteiger partial charge < -0.3 is 10.8 Å². The second-order valence-electron chi connectivity index (χ2n) is 4.55. The number of amidine groups is 1. The van der Waals surface area contributed by atoms with Crippen LogP contribution >= 0.6 is 11.3 Å². The Morgan fingerprint density at radius 2 is 2.17 bits per heavy atom. The molecule has 0 aliphatic heterocycles. The zero-order valence-electron chi connectivity index (χ0n) is 10.2. The number of benzene rings is 1. The molecule has 0 amide bonds. The van der Waals surface area contributed by atoms with Crippen LogP contribution in [0.2, 0.25) is 0 Å². The second-order valence-corrected chi connectivity index (χ2v) is 5.63. The van der Waals surface area contributed by atoms with E-state index in [1.807, 2.05) is 24.3 Å². The van der Waals surface area contributed by atoms with E-state index >= 15 is 0 Å². The number of hydrogen-bond donors (Lipinski definition) is 3. The van der Waals surface area contributed by atoms with Crippen LogP contribution in [0.25, 0.3) is 10.1 Å². The van der Waals surface area contributed by atoms with Crippen LogP contribution in [0.15, 0.2) is 24.3 Å². The topological polar surface area (TPSA) is 70.1 Å². The van der Waals surface area contributed by atoms with Gasteiger partial charge in [0.05, 0.1) is 4.88 Å². The van der Waals surface area contributed by atoms with Crippen molar-refractivity contribution in [1.29, 1.82) is 5.41 Å². The molecule has 0 saturated carbocycles. The van der Waals surface area contributed by atoms with Crippen LogP contribution in [-0.2, 0) is 0 Å². The van der Waals surface area contributed by atoms with E-state index in [2.05, 4.69) is 11.8 Å². The van der Waals surface area contributed by atoms with Gasteiger partial charge in [0.2, 0.25) is 0 Å². The Hall–Kier alpha value is -1.83. The highest BCUT2D eigenvalue weighted by Gasteiger charge is 2.09. The highest BCUT2D eigenvalue weighted by Crippen LogP contribution is 2.27. The van der Waals surface area contributed by atoms with Crippen LogP contribution in [0.5, 0.6) is 0 Å². The van der Waals surface area contributed by atoms with Gasteiger partial charge in [0.25, 0.3) is 0 Å². The molecular formula is C14H14N2OS. The zero-order chi connectivity index (χ0) is 13.3. The number of nitrogens with two attached hydrogens (primary N) is 1. The van der Waals surface area contributed by atoms with Gasteiger partial charge in [-0.1, -0.05) is 17.9 Å². The Labute approximate surface area is 110 Å². The predicted octanol–water partition coefficient (Wildman–Crippen LogP) is 2.31. The normalized spacial score (nSPS) is 11.1. The van der Waals surface area contributed by atoms with Crippen LogP contribution in [0.4, 0.5) is 0 Å². The SMILES string of the molecule is CC(C)(O)C#Cc1cccc2sc(C(=N)N)cc12. The lowest BCUT2D eigenvalue weighted by Gasteiger charge is -2.06. The second kappa shape index (κ2) is 4.45. The van der Waals surface area contributed by atoms with E-state index in [1.54, 1.807) is 13.8 Å². The first kappa shape index (κ1) is 12.6. The van der Waals surface area contributed by atoms with Crippen molar-refractivity contribution in [3.05, 3.63) is 34.7 Å². The lowest BCUT2D eigenvalue weighted by molar-refractivity contribution is 0.143. The number of fused-ring (bicyclic) bond motifs is 1. The molecule has 1 aromatic carbocycles. The quantitative estimate of drug-likeness (QED) is 0.417. The van der Waals surface area contributed by atoms with E-state index in [1.165, 1.54) is 11.3 Å². The highest BCUT2D eigenvalue weighted by atomic mass is 32.1. The van der Waals surface area contributed by atoms with Crippen LogP contribution in [0.1, 0.15) is 24.3 Å². The fourth-order valence-electron chi connectivity index (χ4n) is 1.52. The highest BCUT2D eigenvalue weighted by molar-refractivity contribution is 7.20. The summed E-state index contributed by atoms with van der Waals surface area (Å²) in [6, 6.07) is 7.66. The first-order valence-corrected chi connectivity index (χ1v) is 6.31. The van der Waals surface area contributed by atoms with Crippen molar-refractivity contribution < 1.29 is 5.11 Å². The smallest absolute Gasteiger partial charge is 0.133 e. The van der Waals surface area contributed by atoms with Gasteiger partial charge in [0.15, 0.2) is 0 Å². The van der Waals surface area contributed by atoms with Gasteiger partial charge in [-0.05, 0) is 32.0 Å². The van der Waals surface area contributed by atoms with Crippen LogP contribution in [-0.4, -0.2) is 16.5 Å². The molecular weight excluding hydrogens is 244 g/mol. The molecule has 3 nitrogen and oxygen atoms in total. The van der Waals surface area contributed by atoms with Crippen LogP contribution in [0.3, 0.4) is 0 Å². The van der Waals surface area contributed by atoms with Crippen molar-refractivity contribution >= 4 is 27.3 Å². The molecule has 0 fully saturated rings. The van der Waals surface area contributed by atoms with Gasteiger partial charge in [0.1, 0.15) is 11.4 Å². The molecule has 4 N–H and O–H groups in total. The standard InChI is InChI=1S/C14H14N2OS/c1-14(2,17)7-6-9-4-3-5-11-10(9)8-12(18-11)13(15)16/h3-5,8,17H,1-2H3,(H3,15,16). The van der Waals surface area contributed by atoms with Gasteiger partial charge in [-0.25, -0.2) is 0 Å². The minimum Gasteiger partial charge on any atom is -0.383 e. The summed E-state index contributed by atoms with van der Waals surface area (Å²) in [5.41, 5.74) is 5.32. The van der Waals surface area contributed by atoms with Gasteiger partial charge in [0, 0.05) is 15.6 Å². The molecule has 1 aromatic heterocycles. The number of nitrogen functional groups attached to an aromatic ring is 1. The Morgan fingerprint density at radius 1 is 1.44 bits per heavy atom. The summed E-state index contributed by atoms with van der Waals surface area (Å²) in [6.45, 7) is 3.30. The minimum absolute atomic E-state index is 0.0672. The Balaban J connectivity index is 2.57. The molecule has 0 aliphatic carbocycles. The number of hydrogen-bond acceptors (Lipinski definition) is 3.